The highest BCUT2D eigenvalue weighted by molar-refractivity contribution is 5.76. The Bertz CT molecular complexity index is 811. The molecule has 7 heteroatoms. The van der Waals surface area contributed by atoms with E-state index in [2.05, 4.69) is 10.3 Å². The zero-order valence-corrected chi connectivity index (χ0v) is 14.0. The Morgan fingerprint density at radius 1 is 1.40 bits per heavy atom. The van der Waals surface area contributed by atoms with E-state index >= 15 is 0 Å². The highest BCUT2D eigenvalue weighted by atomic mass is 19.1. The predicted octanol–water partition coefficient (Wildman–Crippen LogP) is 1.65. The average molecular weight is 345 g/mol. The van der Waals surface area contributed by atoms with Gasteiger partial charge in [0.15, 0.2) is 0 Å². The first-order valence-corrected chi connectivity index (χ1v) is 8.25. The number of nitrogens with zero attached hydrogens (tertiary/aromatic N) is 2. The summed E-state index contributed by atoms with van der Waals surface area (Å²) in [6.07, 6.45) is 1.96. The molecule has 25 heavy (non-hydrogen) atoms. The molecule has 0 aliphatic carbocycles. The first kappa shape index (κ1) is 17.3. The van der Waals surface area contributed by atoms with Gasteiger partial charge in [-0.25, -0.2) is 9.37 Å². The smallest absolute Gasteiger partial charge is 0.254 e. The maximum absolute atomic E-state index is 13.2. The first-order chi connectivity index (χ1) is 12.0. The molecule has 0 unspecified atom stereocenters. The lowest BCUT2D eigenvalue weighted by Gasteiger charge is -2.14. The summed E-state index contributed by atoms with van der Waals surface area (Å²) in [6.45, 7) is 2.71. The molecular weight excluding hydrogens is 325 g/mol. The fraction of sp³-hybridized carbons (Fsp3) is 0.389. The molecule has 2 heterocycles. The third kappa shape index (κ3) is 4.30. The summed E-state index contributed by atoms with van der Waals surface area (Å²) in [7, 11) is 0. The zero-order chi connectivity index (χ0) is 17.8. The molecule has 132 valence electrons. The second-order valence-electron chi connectivity index (χ2n) is 6.09. The molecule has 1 aromatic heterocycles. The third-order valence-electron chi connectivity index (χ3n) is 4.09. The Morgan fingerprint density at radius 3 is 2.84 bits per heavy atom. The van der Waals surface area contributed by atoms with Crippen LogP contribution in [0.5, 0.6) is 0 Å². The lowest BCUT2D eigenvalue weighted by atomic mass is 10.2. The minimum atomic E-state index is -0.375. The van der Waals surface area contributed by atoms with Crippen LogP contribution in [-0.2, 0) is 16.1 Å². The van der Waals surface area contributed by atoms with Gasteiger partial charge in [0, 0.05) is 30.5 Å². The van der Waals surface area contributed by atoms with Gasteiger partial charge in [-0.3, -0.25) is 14.2 Å². The lowest BCUT2D eigenvalue weighted by molar-refractivity contribution is -0.122. The Kier molecular flexibility index (Phi) is 5.23. The van der Waals surface area contributed by atoms with Crippen LogP contribution in [0.3, 0.4) is 0 Å². The Balaban J connectivity index is 1.81. The van der Waals surface area contributed by atoms with Crippen molar-refractivity contribution in [1.29, 1.82) is 0 Å². The van der Waals surface area contributed by atoms with Crippen LogP contribution in [0.25, 0.3) is 11.4 Å². The molecule has 2 aromatic rings. The number of hydrogen-bond donors (Lipinski definition) is 1. The quantitative estimate of drug-likeness (QED) is 0.894. The standard InChI is InChI=1S/C18H20FN3O3/c1-12-9-17(24)22(11-16(23)20-10-15-3-2-8-25-15)18(21-12)13-4-6-14(19)7-5-13/h4-7,9,15H,2-3,8,10-11H2,1H3,(H,20,23)/t15-/m1/s1. The van der Waals surface area contributed by atoms with Crippen molar-refractivity contribution in [2.75, 3.05) is 13.2 Å². The number of aryl methyl sites for hydroxylation is 1. The molecule has 1 N–H and O–H groups in total. The molecular formula is C18H20FN3O3. The second-order valence-corrected chi connectivity index (χ2v) is 6.09. The largest absolute Gasteiger partial charge is 0.376 e. The van der Waals surface area contributed by atoms with Crippen LogP contribution in [0.4, 0.5) is 4.39 Å². The fourth-order valence-electron chi connectivity index (χ4n) is 2.83. The number of aromatic nitrogens is 2. The van der Waals surface area contributed by atoms with Gasteiger partial charge in [-0.15, -0.1) is 0 Å². The molecule has 6 nitrogen and oxygen atoms in total. The molecule has 1 aromatic carbocycles. The van der Waals surface area contributed by atoms with Crippen molar-refractivity contribution in [1.82, 2.24) is 14.9 Å². The van der Waals surface area contributed by atoms with Gasteiger partial charge in [0.25, 0.3) is 5.56 Å². The fourth-order valence-corrected chi connectivity index (χ4v) is 2.83. The molecule has 1 saturated heterocycles. The number of rotatable bonds is 5. The van der Waals surface area contributed by atoms with Crippen LogP contribution < -0.4 is 10.9 Å². The van der Waals surface area contributed by atoms with E-state index < -0.39 is 0 Å². The minimum absolute atomic E-state index is 0.0355. The van der Waals surface area contributed by atoms with Gasteiger partial charge in [-0.1, -0.05) is 0 Å². The highest BCUT2D eigenvalue weighted by Gasteiger charge is 2.17. The van der Waals surface area contributed by atoms with E-state index in [1.54, 1.807) is 6.92 Å². The summed E-state index contributed by atoms with van der Waals surface area (Å²) < 4.78 is 19.9. The Hall–Kier alpha value is -2.54. The number of carbonyl (C=O) groups is 1. The van der Waals surface area contributed by atoms with Crippen LogP contribution in [-0.4, -0.2) is 34.7 Å². The minimum Gasteiger partial charge on any atom is -0.376 e. The molecule has 1 aliphatic heterocycles. The van der Waals surface area contributed by atoms with Gasteiger partial charge in [0.2, 0.25) is 5.91 Å². The van der Waals surface area contributed by atoms with E-state index in [1.165, 1.54) is 34.9 Å². The molecule has 3 rings (SSSR count). The topological polar surface area (TPSA) is 73.2 Å². The van der Waals surface area contributed by atoms with Crippen LogP contribution in [0.15, 0.2) is 35.1 Å². The Morgan fingerprint density at radius 2 is 2.16 bits per heavy atom. The van der Waals surface area contributed by atoms with Crippen molar-refractivity contribution in [3.05, 3.63) is 52.2 Å². The lowest BCUT2D eigenvalue weighted by Crippen LogP contribution is -2.37. The van der Waals surface area contributed by atoms with Crippen LogP contribution >= 0.6 is 0 Å². The Labute approximate surface area is 144 Å². The molecule has 1 aliphatic rings. The van der Waals surface area contributed by atoms with Crippen molar-refractivity contribution in [3.8, 4) is 11.4 Å². The molecule has 1 fully saturated rings. The molecule has 1 atom stereocenters. The zero-order valence-electron chi connectivity index (χ0n) is 14.0. The van der Waals surface area contributed by atoms with Crippen LogP contribution in [0, 0.1) is 12.7 Å². The second kappa shape index (κ2) is 7.57. The van der Waals surface area contributed by atoms with Crippen LogP contribution in [0.2, 0.25) is 0 Å². The van der Waals surface area contributed by atoms with E-state index in [1.807, 2.05) is 0 Å². The highest BCUT2D eigenvalue weighted by Crippen LogP contribution is 2.17. The van der Waals surface area contributed by atoms with Gasteiger partial charge in [-0.2, -0.15) is 0 Å². The number of halogens is 1. The third-order valence-corrected chi connectivity index (χ3v) is 4.09. The normalized spacial score (nSPS) is 16.8. The maximum Gasteiger partial charge on any atom is 0.254 e. The summed E-state index contributed by atoms with van der Waals surface area (Å²) in [6, 6.07) is 7.05. The molecule has 0 radical (unpaired) electrons. The number of amides is 1. The van der Waals surface area contributed by atoms with Crippen molar-refractivity contribution < 1.29 is 13.9 Å². The summed E-state index contributed by atoms with van der Waals surface area (Å²) in [5.74, 6) is -0.316. The molecule has 0 bridgehead atoms. The molecule has 0 spiro atoms. The van der Waals surface area contributed by atoms with Crippen molar-refractivity contribution in [3.63, 3.8) is 0 Å². The van der Waals surface area contributed by atoms with E-state index in [9.17, 15) is 14.0 Å². The summed E-state index contributed by atoms with van der Waals surface area (Å²) >= 11 is 0. The van der Waals surface area contributed by atoms with Crippen LogP contribution in [0.1, 0.15) is 18.5 Å². The first-order valence-electron chi connectivity index (χ1n) is 8.25. The van der Waals surface area contributed by atoms with Crippen molar-refractivity contribution >= 4 is 5.91 Å². The van der Waals surface area contributed by atoms with Gasteiger partial charge >= 0.3 is 0 Å². The van der Waals surface area contributed by atoms with E-state index in [0.29, 0.717) is 23.6 Å². The monoisotopic (exact) mass is 345 g/mol. The number of carbonyl (C=O) groups excluding carboxylic acids is 1. The maximum atomic E-state index is 13.2. The van der Waals surface area contributed by atoms with Crippen molar-refractivity contribution in [2.45, 2.75) is 32.4 Å². The number of nitrogens with one attached hydrogen (secondary N) is 1. The van der Waals surface area contributed by atoms with E-state index in [-0.39, 0.29) is 29.9 Å². The van der Waals surface area contributed by atoms with Gasteiger partial charge < -0.3 is 10.1 Å². The average Bonchev–Trinajstić information content (AvgIpc) is 3.09. The summed E-state index contributed by atoms with van der Waals surface area (Å²) in [5.41, 5.74) is 0.800. The van der Waals surface area contributed by atoms with E-state index in [0.717, 1.165) is 19.4 Å². The van der Waals surface area contributed by atoms with E-state index in [4.69, 9.17) is 4.74 Å². The van der Waals surface area contributed by atoms with Gasteiger partial charge in [0.1, 0.15) is 18.2 Å². The summed E-state index contributed by atoms with van der Waals surface area (Å²) in [5, 5.41) is 2.79. The number of hydrogen-bond acceptors (Lipinski definition) is 4. The SMILES string of the molecule is Cc1cc(=O)n(CC(=O)NC[C@H]2CCCO2)c(-c2ccc(F)cc2)n1. The molecule has 0 saturated carbocycles. The predicted molar refractivity (Wildman–Crippen MR) is 90.6 cm³/mol. The molecule has 1 amide bonds. The number of benzene rings is 1. The van der Waals surface area contributed by atoms with Gasteiger partial charge in [0.05, 0.1) is 6.10 Å². The van der Waals surface area contributed by atoms with Gasteiger partial charge in [-0.05, 0) is 44.0 Å². The number of ether oxygens (including phenoxy) is 1. The summed E-state index contributed by atoms with van der Waals surface area (Å²) in [4.78, 5) is 28.9. The van der Waals surface area contributed by atoms with Crippen molar-refractivity contribution in [2.24, 2.45) is 0 Å².